The van der Waals surface area contributed by atoms with Crippen LogP contribution in [0.15, 0.2) is 18.2 Å². The minimum Gasteiger partial charge on any atom is -0.444 e. The fourth-order valence-corrected chi connectivity index (χ4v) is 5.16. The van der Waals surface area contributed by atoms with E-state index in [1.165, 1.54) is 17.4 Å². The molecule has 2 aromatic rings. The molecule has 1 aliphatic heterocycles. The van der Waals surface area contributed by atoms with Crippen LogP contribution in [0.3, 0.4) is 0 Å². The van der Waals surface area contributed by atoms with Crippen molar-refractivity contribution in [2.24, 2.45) is 5.92 Å². The smallest absolute Gasteiger partial charge is 0.410 e. The van der Waals surface area contributed by atoms with Crippen molar-refractivity contribution in [2.75, 3.05) is 33.8 Å². The summed E-state index contributed by atoms with van der Waals surface area (Å²) < 4.78 is 25.9. The van der Waals surface area contributed by atoms with E-state index in [4.69, 9.17) is 9.47 Å². The van der Waals surface area contributed by atoms with Gasteiger partial charge in [-0.25, -0.2) is 9.18 Å². The third-order valence-electron chi connectivity index (χ3n) is 5.29. The molecule has 170 valence electrons. The van der Waals surface area contributed by atoms with Gasteiger partial charge in [0.25, 0.3) is 5.91 Å². The van der Waals surface area contributed by atoms with Gasteiger partial charge < -0.3 is 19.3 Å². The Morgan fingerprint density at radius 3 is 2.74 bits per heavy atom. The molecule has 1 fully saturated rings. The van der Waals surface area contributed by atoms with Crippen molar-refractivity contribution in [3.8, 4) is 0 Å². The molecule has 0 saturated carbocycles. The summed E-state index contributed by atoms with van der Waals surface area (Å²) in [6.07, 6.45) is 1.43. The largest absolute Gasteiger partial charge is 0.444 e. The van der Waals surface area contributed by atoms with Crippen molar-refractivity contribution in [2.45, 2.75) is 45.8 Å². The summed E-state index contributed by atoms with van der Waals surface area (Å²) >= 11 is 1.31. The van der Waals surface area contributed by atoms with E-state index in [0.29, 0.717) is 35.5 Å². The summed E-state index contributed by atoms with van der Waals surface area (Å²) in [7, 11) is 3.27. The predicted octanol–water partition coefficient (Wildman–Crippen LogP) is 4.91. The van der Waals surface area contributed by atoms with Crippen molar-refractivity contribution < 1.29 is 23.5 Å². The Bertz CT molecular complexity index is 953. The van der Waals surface area contributed by atoms with Crippen LogP contribution in [0, 0.1) is 11.7 Å². The van der Waals surface area contributed by atoms with Crippen molar-refractivity contribution in [1.82, 2.24) is 9.80 Å². The Hall–Kier alpha value is -2.19. The lowest BCUT2D eigenvalue weighted by molar-refractivity contribution is 0.0244. The van der Waals surface area contributed by atoms with Crippen molar-refractivity contribution in [3.05, 3.63) is 34.5 Å². The maximum absolute atomic E-state index is 14.5. The van der Waals surface area contributed by atoms with Gasteiger partial charge in [-0.2, -0.15) is 0 Å². The summed E-state index contributed by atoms with van der Waals surface area (Å²) in [5, 5.41) is 0.468. The monoisotopic (exact) mass is 450 g/mol. The number of thiophene rings is 1. The molecule has 8 heteroatoms. The number of halogens is 1. The fourth-order valence-electron chi connectivity index (χ4n) is 3.97. The number of ether oxygens (including phenoxy) is 2. The van der Waals surface area contributed by atoms with Gasteiger partial charge in [-0.15, -0.1) is 11.3 Å². The Kier molecular flexibility index (Phi) is 7.21. The average molecular weight is 451 g/mol. The average Bonchev–Trinajstić information content (AvgIpc) is 3.06. The van der Waals surface area contributed by atoms with Crippen LogP contribution in [-0.4, -0.2) is 61.2 Å². The normalized spacial score (nSPS) is 17.1. The Balaban J connectivity index is 1.75. The number of piperidine rings is 1. The summed E-state index contributed by atoms with van der Waals surface area (Å²) in [4.78, 5) is 29.6. The quantitative estimate of drug-likeness (QED) is 0.650. The third kappa shape index (κ3) is 5.54. The summed E-state index contributed by atoms with van der Waals surface area (Å²) in [5.41, 5.74) is 0.0623. The second kappa shape index (κ2) is 9.53. The number of benzene rings is 1. The Morgan fingerprint density at radius 2 is 2.06 bits per heavy atom. The first-order chi connectivity index (χ1) is 14.6. The predicted molar refractivity (Wildman–Crippen MR) is 120 cm³/mol. The summed E-state index contributed by atoms with van der Waals surface area (Å²) in [6, 6.07) is 4.89. The molecule has 1 aromatic heterocycles. The van der Waals surface area contributed by atoms with Gasteiger partial charge in [-0.3, -0.25) is 4.79 Å². The first-order valence-electron chi connectivity index (χ1n) is 10.5. The molecular formula is C23H31FN2O4S. The zero-order chi connectivity index (χ0) is 22.8. The van der Waals surface area contributed by atoms with Gasteiger partial charge in [0, 0.05) is 49.4 Å². The number of rotatable bonds is 5. The number of carbonyl (C=O) groups is 2. The van der Waals surface area contributed by atoms with Crippen molar-refractivity contribution in [1.29, 1.82) is 0 Å². The van der Waals surface area contributed by atoms with Crippen molar-refractivity contribution >= 4 is 33.4 Å². The molecule has 0 aliphatic carbocycles. The molecule has 1 aromatic carbocycles. The van der Waals surface area contributed by atoms with E-state index in [1.54, 1.807) is 25.1 Å². The number of methoxy groups -OCH3 is 1. The molecule has 2 heterocycles. The molecule has 0 bridgehead atoms. The number of hydrogen-bond acceptors (Lipinski definition) is 5. The second-order valence-corrected chi connectivity index (χ2v) is 10.1. The van der Waals surface area contributed by atoms with E-state index in [0.717, 1.165) is 17.5 Å². The van der Waals surface area contributed by atoms with E-state index in [9.17, 15) is 14.0 Å². The number of fused-ring (bicyclic) bond motifs is 1. The maximum Gasteiger partial charge on any atom is 0.410 e. The summed E-state index contributed by atoms with van der Waals surface area (Å²) in [5.74, 6) is -0.278. The molecule has 6 nitrogen and oxygen atoms in total. The van der Waals surface area contributed by atoms with E-state index in [1.807, 2.05) is 31.7 Å². The zero-order valence-corrected chi connectivity index (χ0v) is 19.7. The lowest BCUT2D eigenvalue weighted by atomic mass is 9.97. The minimum absolute atomic E-state index is 0.0997. The van der Waals surface area contributed by atoms with Crippen LogP contribution in [0.2, 0.25) is 0 Å². The molecule has 1 aliphatic rings. The first-order valence-corrected chi connectivity index (χ1v) is 11.3. The number of amides is 2. The first kappa shape index (κ1) is 23.5. The lowest BCUT2D eigenvalue weighted by Gasteiger charge is -2.35. The molecule has 1 atom stereocenters. The molecule has 3 rings (SSSR count). The molecule has 0 radical (unpaired) electrons. The molecule has 1 unspecified atom stereocenters. The maximum atomic E-state index is 14.5. The van der Waals surface area contributed by atoms with Crippen LogP contribution in [0.5, 0.6) is 0 Å². The minimum atomic E-state index is -0.548. The molecule has 0 N–H and O–H groups in total. The van der Waals surface area contributed by atoms with Crippen LogP contribution in [0.4, 0.5) is 9.18 Å². The number of likely N-dealkylation sites (tertiary alicyclic amines) is 1. The SMILES string of the molecule is COCc1c(C(=O)N2CCCC(CN(C)C(=O)OC(C)(C)C)C2)sc2cccc(F)c12. The molecule has 31 heavy (non-hydrogen) atoms. The van der Waals surface area contributed by atoms with Gasteiger partial charge in [0.15, 0.2) is 0 Å². The van der Waals surface area contributed by atoms with Gasteiger partial charge in [0.05, 0.1) is 11.5 Å². The van der Waals surface area contributed by atoms with Gasteiger partial charge in [-0.05, 0) is 51.7 Å². The van der Waals surface area contributed by atoms with Crippen LogP contribution in [-0.2, 0) is 16.1 Å². The lowest BCUT2D eigenvalue weighted by Crippen LogP contribution is -2.45. The number of nitrogens with zero attached hydrogens (tertiary/aromatic N) is 2. The van der Waals surface area contributed by atoms with Gasteiger partial charge >= 0.3 is 6.09 Å². The highest BCUT2D eigenvalue weighted by Crippen LogP contribution is 2.35. The highest BCUT2D eigenvalue weighted by molar-refractivity contribution is 7.21. The standard InChI is InChI=1S/C23H31FN2O4S/c1-23(2,3)30-22(28)25(4)12-15-8-7-11-26(13-15)21(27)20-16(14-29-5)19-17(24)9-6-10-18(19)31-20/h6,9-10,15H,7-8,11-14H2,1-5H3. The van der Waals surface area contributed by atoms with Gasteiger partial charge in [0.1, 0.15) is 11.4 Å². The second-order valence-electron chi connectivity index (χ2n) is 9.08. The van der Waals surface area contributed by atoms with E-state index in [-0.39, 0.29) is 30.3 Å². The molecule has 1 saturated heterocycles. The number of hydrogen-bond donors (Lipinski definition) is 0. The molecule has 2 amide bonds. The number of carbonyl (C=O) groups excluding carboxylic acids is 2. The van der Waals surface area contributed by atoms with Gasteiger partial charge in [-0.1, -0.05) is 6.07 Å². The highest BCUT2D eigenvalue weighted by Gasteiger charge is 2.30. The topological polar surface area (TPSA) is 59.1 Å². The summed E-state index contributed by atoms with van der Waals surface area (Å²) in [6.45, 7) is 7.41. The molecular weight excluding hydrogens is 419 g/mol. The van der Waals surface area contributed by atoms with E-state index < -0.39 is 5.60 Å². The van der Waals surface area contributed by atoms with Gasteiger partial charge in [0.2, 0.25) is 0 Å². The van der Waals surface area contributed by atoms with Crippen LogP contribution < -0.4 is 0 Å². The fraction of sp³-hybridized carbons (Fsp3) is 0.565. The Morgan fingerprint density at radius 1 is 1.32 bits per heavy atom. The Labute approximate surface area is 186 Å². The van der Waals surface area contributed by atoms with Crippen molar-refractivity contribution in [3.63, 3.8) is 0 Å². The highest BCUT2D eigenvalue weighted by atomic mass is 32.1. The third-order valence-corrected chi connectivity index (χ3v) is 6.47. The van der Waals surface area contributed by atoms with Crippen LogP contribution in [0.1, 0.15) is 48.8 Å². The zero-order valence-electron chi connectivity index (χ0n) is 18.9. The van der Waals surface area contributed by atoms with Crippen LogP contribution in [0.25, 0.3) is 10.1 Å². The molecule has 0 spiro atoms. The van der Waals surface area contributed by atoms with Crippen LogP contribution >= 0.6 is 11.3 Å². The van der Waals surface area contributed by atoms with E-state index >= 15 is 0 Å². The van der Waals surface area contributed by atoms with E-state index in [2.05, 4.69) is 0 Å².